The summed E-state index contributed by atoms with van der Waals surface area (Å²) >= 11 is 0. The average Bonchev–Trinajstić information content (AvgIpc) is 3.87. The van der Waals surface area contributed by atoms with E-state index in [9.17, 15) is 9.90 Å². The molecule has 4 heterocycles. The summed E-state index contributed by atoms with van der Waals surface area (Å²) in [6.45, 7) is 12.1. The average molecular weight is 840 g/mol. The SMILES string of the molecule is CC(C)=CCC/C(C)=C/CN1C(=O)[C@@]2(O[C@@H](CCn3cc(C(CO)c4ccccc4)nn3)[C@H]([Si](C)(C)F)[C@H]2C)c2cc(N3C(=O)c4ccccc4Oc4ccccc43)ccc21. The van der Waals surface area contributed by atoms with Gasteiger partial charge in [-0.25, -0.2) is 0 Å². The van der Waals surface area contributed by atoms with E-state index in [1.54, 1.807) is 39.7 Å². The summed E-state index contributed by atoms with van der Waals surface area (Å²) < 4.78 is 32.1. The number of aromatic nitrogens is 3. The molecule has 1 N–H and O–H groups in total. The lowest BCUT2D eigenvalue weighted by Gasteiger charge is -2.31. The zero-order chi connectivity index (χ0) is 43.1. The van der Waals surface area contributed by atoms with E-state index < -0.39 is 31.6 Å². The number of aryl methyl sites for hydroxylation is 1. The lowest BCUT2D eigenvalue weighted by Crippen LogP contribution is -2.45. The van der Waals surface area contributed by atoms with Crippen LogP contribution >= 0.6 is 0 Å². The van der Waals surface area contributed by atoms with Gasteiger partial charge in [-0.15, -0.1) is 5.10 Å². The van der Waals surface area contributed by atoms with Gasteiger partial charge in [-0.3, -0.25) is 19.2 Å². The summed E-state index contributed by atoms with van der Waals surface area (Å²) in [5.41, 5.74) is 4.71. The van der Waals surface area contributed by atoms with Gasteiger partial charge in [-0.1, -0.05) is 90.0 Å². The predicted molar refractivity (Wildman–Crippen MR) is 239 cm³/mol. The minimum atomic E-state index is -3.50. The van der Waals surface area contributed by atoms with E-state index in [4.69, 9.17) is 9.47 Å². The molecule has 2 amide bonds. The van der Waals surface area contributed by atoms with E-state index in [2.05, 4.69) is 43.2 Å². The zero-order valence-corrected chi connectivity index (χ0v) is 36.7. The van der Waals surface area contributed by atoms with Gasteiger partial charge in [0, 0.05) is 42.0 Å². The molecular formula is C49H54FN5O5Si. The Morgan fingerprint density at radius 3 is 2.39 bits per heavy atom. The highest BCUT2D eigenvalue weighted by molar-refractivity contribution is 6.72. The molecule has 0 aliphatic carbocycles. The maximum atomic E-state index is 16.9. The van der Waals surface area contributed by atoms with Crippen molar-refractivity contribution in [2.45, 2.75) is 89.8 Å². The first-order chi connectivity index (χ1) is 29.3. The number of benzene rings is 4. The van der Waals surface area contributed by atoms with E-state index in [0.29, 0.717) is 64.9 Å². The Bertz CT molecular complexity index is 2490. The number of carbonyl (C=O) groups is 2. The Morgan fingerprint density at radius 1 is 0.934 bits per heavy atom. The topological polar surface area (TPSA) is 110 Å². The maximum Gasteiger partial charge on any atom is 0.266 e. The molecule has 316 valence electrons. The van der Waals surface area contributed by atoms with Crippen LogP contribution in [0.4, 0.5) is 21.2 Å². The second kappa shape index (κ2) is 17.0. The normalized spacial score (nSPS) is 21.5. The molecule has 0 bridgehead atoms. The van der Waals surface area contributed by atoms with Crippen molar-refractivity contribution in [1.29, 1.82) is 0 Å². The molecule has 4 aromatic carbocycles. The number of aliphatic hydroxyl groups is 1. The molecule has 1 fully saturated rings. The Hall–Kier alpha value is -5.69. The molecule has 1 unspecified atom stereocenters. The minimum Gasteiger partial charge on any atom is -0.454 e. The third-order valence-electron chi connectivity index (χ3n) is 12.5. The Labute approximate surface area is 358 Å². The van der Waals surface area contributed by atoms with Gasteiger partial charge in [0.15, 0.2) is 11.4 Å². The third-order valence-corrected chi connectivity index (χ3v) is 15.0. The van der Waals surface area contributed by atoms with Crippen LogP contribution in [-0.4, -0.2) is 59.6 Å². The predicted octanol–water partition coefficient (Wildman–Crippen LogP) is 10.4. The highest BCUT2D eigenvalue weighted by Crippen LogP contribution is 2.61. The minimum absolute atomic E-state index is 0.128. The number of halogens is 1. The lowest BCUT2D eigenvalue weighted by molar-refractivity contribution is -0.145. The van der Waals surface area contributed by atoms with E-state index >= 15 is 8.90 Å². The largest absolute Gasteiger partial charge is 0.454 e. The number of aliphatic hydroxyl groups excluding tert-OH is 1. The number of anilines is 3. The van der Waals surface area contributed by atoms with Gasteiger partial charge < -0.3 is 23.6 Å². The quantitative estimate of drug-likeness (QED) is 0.0714. The number of allylic oxidation sites excluding steroid dienone is 3. The molecule has 61 heavy (non-hydrogen) atoms. The van der Waals surface area contributed by atoms with Gasteiger partial charge in [0.2, 0.25) is 8.41 Å². The first-order valence-electron chi connectivity index (χ1n) is 21.2. The number of amides is 2. The number of nitrogens with zero attached hydrogens (tertiary/aromatic N) is 5. The van der Waals surface area contributed by atoms with Crippen LogP contribution in [-0.2, 0) is 21.7 Å². The third kappa shape index (κ3) is 7.88. The van der Waals surface area contributed by atoms with Crippen molar-refractivity contribution >= 4 is 37.3 Å². The van der Waals surface area contributed by atoms with E-state index in [0.717, 1.165) is 24.0 Å². The zero-order valence-electron chi connectivity index (χ0n) is 35.7. The highest BCUT2D eigenvalue weighted by Gasteiger charge is 2.66. The van der Waals surface area contributed by atoms with E-state index in [1.807, 2.05) is 98.0 Å². The van der Waals surface area contributed by atoms with Gasteiger partial charge >= 0.3 is 0 Å². The molecule has 0 saturated carbocycles. The van der Waals surface area contributed by atoms with Crippen molar-refractivity contribution in [2.75, 3.05) is 23.0 Å². The van der Waals surface area contributed by atoms with Crippen molar-refractivity contribution in [2.24, 2.45) is 5.92 Å². The molecule has 1 aromatic heterocycles. The fourth-order valence-electron chi connectivity index (χ4n) is 9.53. The summed E-state index contributed by atoms with van der Waals surface area (Å²) in [4.78, 5) is 33.3. The molecule has 12 heteroatoms. The first kappa shape index (κ1) is 42.0. The second-order valence-corrected chi connectivity index (χ2v) is 21.1. The molecular weight excluding hydrogens is 786 g/mol. The van der Waals surface area contributed by atoms with E-state index in [1.165, 1.54) is 5.57 Å². The number of rotatable bonds is 13. The van der Waals surface area contributed by atoms with Crippen LogP contribution in [0.1, 0.15) is 80.1 Å². The Morgan fingerprint density at radius 2 is 1.66 bits per heavy atom. The summed E-state index contributed by atoms with van der Waals surface area (Å²) in [7, 11) is -3.50. The summed E-state index contributed by atoms with van der Waals surface area (Å²) in [6, 6.07) is 29.9. The Balaban J connectivity index is 1.18. The molecule has 3 aliphatic rings. The van der Waals surface area contributed by atoms with Gasteiger partial charge in [-0.05, 0) is 101 Å². The van der Waals surface area contributed by atoms with Crippen molar-refractivity contribution < 1.29 is 28.3 Å². The summed E-state index contributed by atoms with van der Waals surface area (Å²) in [5.74, 6) is -0.428. The van der Waals surface area contributed by atoms with Crippen LogP contribution in [0.2, 0.25) is 18.6 Å². The molecule has 5 atom stereocenters. The van der Waals surface area contributed by atoms with Crippen LogP contribution in [0.25, 0.3) is 0 Å². The van der Waals surface area contributed by atoms with Crippen LogP contribution in [0.3, 0.4) is 0 Å². The molecule has 1 spiro atoms. The summed E-state index contributed by atoms with van der Waals surface area (Å²) in [6.07, 6.45) is 7.64. The first-order valence-corrected chi connectivity index (χ1v) is 24.2. The number of ether oxygens (including phenoxy) is 2. The van der Waals surface area contributed by atoms with Gasteiger partial charge in [0.05, 0.1) is 41.3 Å². The molecule has 0 radical (unpaired) electrons. The number of para-hydroxylation sites is 3. The molecule has 1 saturated heterocycles. The van der Waals surface area contributed by atoms with Crippen molar-refractivity contribution in [1.82, 2.24) is 15.0 Å². The van der Waals surface area contributed by atoms with Gasteiger partial charge in [-0.2, -0.15) is 0 Å². The molecule has 5 aromatic rings. The van der Waals surface area contributed by atoms with Crippen LogP contribution in [0, 0.1) is 5.92 Å². The molecule has 10 nitrogen and oxygen atoms in total. The highest BCUT2D eigenvalue weighted by atomic mass is 28.4. The maximum absolute atomic E-state index is 16.9. The lowest BCUT2D eigenvalue weighted by atomic mass is 9.82. The van der Waals surface area contributed by atoms with E-state index in [-0.39, 0.29) is 24.3 Å². The smallest absolute Gasteiger partial charge is 0.266 e. The molecule has 3 aliphatic heterocycles. The second-order valence-electron chi connectivity index (χ2n) is 17.3. The van der Waals surface area contributed by atoms with Crippen LogP contribution < -0.4 is 14.5 Å². The fraction of sp³-hybridized carbons (Fsp3) is 0.347. The van der Waals surface area contributed by atoms with Crippen molar-refractivity contribution in [3.05, 3.63) is 149 Å². The van der Waals surface area contributed by atoms with Crippen molar-refractivity contribution in [3.8, 4) is 11.5 Å². The molecule has 8 rings (SSSR count). The number of fused-ring (bicyclic) bond motifs is 4. The standard InChI is InChI=1S/C49H54FN5O5Si/c1-32(2)15-14-16-33(3)25-28-54-41-24-23-36(55-42-20-11-13-22-44(42)59-43-21-12-10-19-37(43)47(55)57)29-39(41)49(48(54)58)34(4)46(61(5,6)50)45(60-49)26-27-53-30-40(51-52-53)38(31-56)35-17-8-7-9-18-35/h7-13,15,17-25,29-30,34,38,45-46,56H,14,16,26-28,31H2,1-6H3/b33-25+/t34-,38?,45+,46-,49+/m1/s1. The van der Waals surface area contributed by atoms with Crippen LogP contribution in [0.5, 0.6) is 11.5 Å². The van der Waals surface area contributed by atoms with Crippen molar-refractivity contribution in [3.63, 3.8) is 0 Å². The summed E-state index contributed by atoms with van der Waals surface area (Å²) in [5, 5.41) is 19.1. The fourth-order valence-corrected chi connectivity index (χ4v) is 12.1. The van der Waals surface area contributed by atoms with Gasteiger partial charge in [0.25, 0.3) is 11.8 Å². The van der Waals surface area contributed by atoms with Gasteiger partial charge in [0.1, 0.15) is 5.75 Å². The Kier molecular flexibility index (Phi) is 11.7. The monoisotopic (exact) mass is 839 g/mol. The number of carbonyl (C=O) groups excluding carboxylic acids is 2. The van der Waals surface area contributed by atoms with Crippen LogP contribution in [0.15, 0.2) is 127 Å². The number of hydrogen-bond acceptors (Lipinski definition) is 7. The number of hydrogen-bond donors (Lipinski definition) is 1.